The molecule has 34 heavy (non-hydrogen) atoms. The number of aliphatic hydroxyl groups is 1. The molecule has 5 heterocycles. The van der Waals surface area contributed by atoms with E-state index in [4.69, 9.17) is 14.6 Å². The van der Waals surface area contributed by atoms with E-state index in [1.165, 1.54) is 19.2 Å². The number of hydrogen-bond acceptors (Lipinski definition) is 8. The average Bonchev–Trinajstić information content (AvgIpc) is 3.43. The number of rotatable bonds is 6. The summed E-state index contributed by atoms with van der Waals surface area (Å²) in [5.41, 5.74) is 4.40. The molecule has 0 amide bonds. The van der Waals surface area contributed by atoms with Crippen LogP contribution in [-0.2, 0) is 13.1 Å². The summed E-state index contributed by atoms with van der Waals surface area (Å²) < 4.78 is 28.5. The number of hydrogen-bond donors (Lipinski definition) is 1. The third-order valence-electron chi connectivity index (χ3n) is 5.94. The summed E-state index contributed by atoms with van der Waals surface area (Å²) in [6.07, 6.45) is 5.85. The molecule has 4 aromatic rings. The van der Waals surface area contributed by atoms with Crippen LogP contribution in [0.5, 0.6) is 11.5 Å². The van der Waals surface area contributed by atoms with Crippen molar-refractivity contribution in [2.45, 2.75) is 26.1 Å². The molecule has 1 aliphatic heterocycles. The Morgan fingerprint density at radius 2 is 2.12 bits per heavy atom. The minimum atomic E-state index is -0.834. The maximum atomic E-state index is 13.3. The molecule has 174 valence electrons. The highest BCUT2D eigenvalue weighted by Gasteiger charge is 2.25. The lowest BCUT2D eigenvalue weighted by atomic mass is 10.1. The van der Waals surface area contributed by atoms with Crippen LogP contribution in [0.2, 0.25) is 0 Å². The number of halogens is 1. The summed E-state index contributed by atoms with van der Waals surface area (Å²) in [4.78, 5) is 5.75. The summed E-state index contributed by atoms with van der Waals surface area (Å²) in [7, 11) is 1.54. The van der Waals surface area contributed by atoms with Crippen molar-refractivity contribution in [3.05, 3.63) is 59.6 Å². The second-order valence-electron chi connectivity index (χ2n) is 7.95. The Labute approximate surface area is 194 Å². The molecule has 1 unspecified atom stereocenters. The molecule has 0 bridgehead atoms. The van der Waals surface area contributed by atoms with Crippen LogP contribution in [0.25, 0.3) is 16.8 Å². The second-order valence-corrected chi connectivity index (χ2v) is 7.95. The van der Waals surface area contributed by atoms with Crippen molar-refractivity contribution in [3.63, 3.8) is 0 Å². The van der Waals surface area contributed by atoms with Crippen LogP contribution < -0.4 is 9.47 Å². The van der Waals surface area contributed by atoms with Gasteiger partial charge in [-0.1, -0.05) is 0 Å². The van der Waals surface area contributed by atoms with Gasteiger partial charge in [-0.05, 0) is 25.1 Å². The molecule has 11 heteroatoms. The van der Waals surface area contributed by atoms with Gasteiger partial charge in [0.15, 0.2) is 29.3 Å². The zero-order valence-electron chi connectivity index (χ0n) is 18.6. The molecule has 0 saturated carbocycles. The number of nitrogens with zero attached hydrogens (tertiary/aromatic N) is 7. The Balaban J connectivity index is 1.60. The average molecular weight is 463 g/mol. The van der Waals surface area contributed by atoms with Crippen molar-refractivity contribution in [2.24, 2.45) is 0 Å². The molecule has 0 spiro atoms. The van der Waals surface area contributed by atoms with E-state index in [0.29, 0.717) is 42.3 Å². The molecule has 0 aliphatic carbocycles. The molecular formula is C23H22FN7O3. The summed E-state index contributed by atoms with van der Waals surface area (Å²) in [6, 6.07) is 4.55. The highest BCUT2D eigenvalue weighted by atomic mass is 19.1. The lowest BCUT2D eigenvalue weighted by molar-refractivity contribution is 0.114. The Hall–Kier alpha value is -4.17. The zero-order valence-corrected chi connectivity index (χ0v) is 18.6. The van der Waals surface area contributed by atoms with E-state index in [1.807, 2.05) is 23.9 Å². The number of fused-ring (bicyclic) bond motifs is 2. The van der Waals surface area contributed by atoms with Gasteiger partial charge in [0.25, 0.3) is 0 Å². The van der Waals surface area contributed by atoms with E-state index in [2.05, 4.69) is 16.3 Å². The molecular weight excluding hydrogens is 441 g/mol. The first-order valence-corrected chi connectivity index (χ1v) is 10.7. The molecule has 1 N–H and O–H groups in total. The summed E-state index contributed by atoms with van der Waals surface area (Å²) >= 11 is 0. The van der Waals surface area contributed by atoms with E-state index in [0.717, 1.165) is 28.7 Å². The fourth-order valence-corrected chi connectivity index (χ4v) is 4.15. The molecule has 5 rings (SSSR count). The van der Waals surface area contributed by atoms with Gasteiger partial charge in [0.1, 0.15) is 5.82 Å². The minimum absolute atomic E-state index is 0.368. The van der Waals surface area contributed by atoms with Crippen LogP contribution in [0.3, 0.4) is 0 Å². The monoisotopic (exact) mass is 463 g/mol. The molecule has 4 aromatic heterocycles. The number of nitriles is 1. The molecule has 0 aromatic carbocycles. The summed E-state index contributed by atoms with van der Waals surface area (Å²) in [6.45, 7) is 3.33. The standard InChI is InChI=1S/C23H22FN7O3/c1-14-18-11-29(13-25)5-6-30(18)28-22(14)15-7-19(23-20(33-2)9-27-31(23)10-15)34-21(12-32)17-4-3-16(24)8-26-17/h3-4,7-10,21,32H,5-6,11-12H2,1-2H3. The fraction of sp³-hybridized carbons (Fsp3) is 0.304. The Morgan fingerprint density at radius 3 is 2.82 bits per heavy atom. The smallest absolute Gasteiger partial charge is 0.179 e. The van der Waals surface area contributed by atoms with Gasteiger partial charge in [-0.2, -0.15) is 15.5 Å². The van der Waals surface area contributed by atoms with Gasteiger partial charge in [0, 0.05) is 23.9 Å². The van der Waals surface area contributed by atoms with Crippen molar-refractivity contribution >= 4 is 5.52 Å². The van der Waals surface area contributed by atoms with Crippen LogP contribution in [0, 0.1) is 24.2 Å². The quantitative estimate of drug-likeness (QED) is 0.434. The topological polar surface area (TPSA) is 114 Å². The van der Waals surface area contributed by atoms with Gasteiger partial charge in [-0.25, -0.2) is 8.91 Å². The highest BCUT2D eigenvalue weighted by molar-refractivity contribution is 5.75. The molecule has 1 aliphatic rings. The highest BCUT2D eigenvalue weighted by Crippen LogP contribution is 2.37. The largest absolute Gasteiger partial charge is 0.493 e. The van der Waals surface area contributed by atoms with Gasteiger partial charge in [0.05, 0.1) is 56.3 Å². The van der Waals surface area contributed by atoms with E-state index in [-0.39, 0.29) is 6.61 Å². The third-order valence-corrected chi connectivity index (χ3v) is 5.94. The third kappa shape index (κ3) is 3.68. The Morgan fingerprint density at radius 1 is 1.26 bits per heavy atom. The lowest BCUT2D eigenvalue weighted by Crippen LogP contribution is -2.30. The number of pyridine rings is 2. The predicted molar refractivity (Wildman–Crippen MR) is 118 cm³/mol. The van der Waals surface area contributed by atoms with Crippen LogP contribution in [-0.4, -0.2) is 54.6 Å². The SMILES string of the molecule is COc1cnn2cc(-c3nn4c(c3C)CN(C#N)CC4)cc(OC(CO)c3ccc(F)cn3)c12. The van der Waals surface area contributed by atoms with E-state index in [1.54, 1.807) is 15.6 Å². The van der Waals surface area contributed by atoms with Crippen molar-refractivity contribution in [2.75, 3.05) is 20.3 Å². The first-order chi connectivity index (χ1) is 16.5. The van der Waals surface area contributed by atoms with Crippen molar-refractivity contribution in [3.8, 4) is 28.9 Å². The number of aromatic nitrogens is 5. The van der Waals surface area contributed by atoms with E-state index >= 15 is 0 Å². The number of ether oxygens (including phenoxy) is 2. The molecule has 0 radical (unpaired) electrons. The van der Waals surface area contributed by atoms with Crippen LogP contribution in [0.15, 0.2) is 36.8 Å². The van der Waals surface area contributed by atoms with Gasteiger partial charge in [-0.15, -0.1) is 0 Å². The van der Waals surface area contributed by atoms with Crippen molar-refractivity contribution in [1.82, 2.24) is 29.3 Å². The van der Waals surface area contributed by atoms with Crippen molar-refractivity contribution < 1.29 is 19.0 Å². The van der Waals surface area contributed by atoms with Gasteiger partial charge in [0.2, 0.25) is 0 Å². The molecule has 0 fully saturated rings. The summed E-state index contributed by atoms with van der Waals surface area (Å²) in [5, 5.41) is 28.4. The first-order valence-electron chi connectivity index (χ1n) is 10.7. The van der Waals surface area contributed by atoms with Gasteiger partial charge < -0.3 is 19.5 Å². The van der Waals surface area contributed by atoms with Crippen LogP contribution in [0.1, 0.15) is 23.1 Å². The zero-order chi connectivity index (χ0) is 23.8. The van der Waals surface area contributed by atoms with E-state index < -0.39 is 11.9 Å². The lowest BCUT2D eigenvalue weighted by Gasteiger charge is -2.22. The Kier molecular flexibility index (Phi) is 5.51. The maximum Gasteiger partial charge on any atom is 0.179 e. The molecule has 10 nitrogen and oxygen atoms in total. The number of aliphatic hydroxyl groups excluding tert-OH is 1. The van der Waals surface area contributed by atoms with Crippen LogP contribution in [0.4, 0.5) is 4.39 Å². The number of methoxy groups -OCH3 is 1. The van der Waals surface area contributed by atoms with E-state index in [9.17, 15) is 14.8 Å². The molecule has 1 atom stereocenters. The normalized spacial score (nSPS) is 14.0. The second kappa shape index (κ2) is 8.64. The van der Waals surface area contributed by atoms with Crippen molar-refractivity contribution in [1.29, 1.82) is 5.26 Å². The van der Waals surface area contributed by atoms with Gasteiger partial charge >= 0.3 is 0 Å². The molecule has 0 saturated heterocycles. The summed E-state index contributed by atoms with van der Waals surface area (Å²) in [5.74, 6) is 0.424. The fourth-order valence-electron chi connectivity index (χ4n) is 4.15. The maximum absolute atomic E-state index is 13.3. The van der Waals surface area contributed by atoms with Gasteiger partial charge in [-0.3, -0.25) is 9.67 Å². The van der Waals surface area contributed by atoms with Crippen LogP contribution >= 0.6 is 0 Å². The Bertz CT molecular complexity index is 1390. The predicted octanol–water partition coefficient (Wildman–Crippen LogP) is 2.46. The first kappa shape index (κ1) is 21.7. The minimum Gasteiger partial charge on any atom is -0.493 e.